The Morgan fingerprint density at radius 2 is 1.81 bits per heavy atom. The fraction of sp³-hybridized carbons (Fsp3) is 0.222. The molecule has 0 saturated carbocycles. The number of hydrogen-bond donors (Lipinski definition) is 0. The summed E-state index contributed by atoms with van der Waals surface area (Å²) >= 11 is 6.11. The standard InChI is InChI=1S/C18H14ClN3O4/c1-21-12-7-8-13(19)20-17(12)18(11-5-3-2-4-6-11)22(10-15(21)24)14(23)9-16(25)26-18/h2-8H,9-10H2,1H3. The second-order valence-corrected chi connectivity index (χ2v) is 6.48. The maximum atomic E-state index is 12.7. The molecule has 2 aromatic rings. The minimum atomic E-state index is -1.64. The van der Waals surface area contributed by atoms with E-state index < -0.39 is 24.0 Å². The van der Waals surface area contributed by atoms with Crippen molar-refractivity contribution in [2.45, 2.75) is 12.1 Å². The van der Waals surface area contributed by atoms with Gasteiger partial charge in [0.2, 0.25) is 11.8 Å². The van der Waals surface area contributed by atoms with Crippen LogP contribution in [0.2, 0.25) is 5.15 Å². The molecule has 4 rings (SSSR count). The number of carbonyl (C=O) groups is 3. The van der Waals surface area contributed by atoms with Crippen LogP contribution in [0.3, 0.4) is 0 Å². The number of hydrogen-bond acceptors (Lipinski definition) is 5. The number of rotatable bonds is 1. The first-order valence-corrected chi connectivity index (χ1v) is 8.32. The molecule has 1 saturated heterocycles. The summed E-state index contributed by atoms with van der Waals surface area (Å²) in [6.07, 6.45) is -0.429. The summed E-state index contributed by atoms with van der Waals surface area (Å²) in [6, 6.07) is 11.9. The summed E-state index contributed by atoms with van der Waals surface area (Å²) in [7, 11) is 1.58. The Morgan fingerprint density at radius 1 is 1.08 bits per heavy atom. The molecule has 3 heterocycles. The summed E-state index contributed by atoms with van der Waals surface area (Å²) in [5.74, 6) is -1.50. The van der Waals surface area contributed by atoms with Crippen LogP contribution >= 0.6 is 11.6 Å². The second kappa shape index (κ2) is 5.81. The summed E-state index contributed by atoms with van der Waals surface area (Å²) in [5, 5.41) is 0.163. The van der Waals surface area contributed by atoms with E-state index in [1.165, 1.54) is 9.80 Å². The Morgan fingerprint density at radius 3 is 2.54 bits per heavy atom. The maximum Gasteiger partial charge on any atom is 0.318 e. The molecule has 132 valence electrons. The lowest BCUT2D eigenvalue weighted by Gasteiger charge is -2.44. The average molecular weight is 372 g/mol. The quantitative estimate of drug-likeness (QED) is 0.433. The third-order valence-corrected chi connectivity index (χ3v) is 4.80. The number of pyridine rings is 1. The molecule has 0 N–H and O–H groups in total. The van der Waals surface area contributed by atoms with Gasteiger partial charge < -0.3 is 9.64 Å². The first kappa shape index (κ1) is 16.5. The molecule has 0 radical (unpaired) electrons. The SMILES string of the molecule is CN1C(=O)CN2C(=O)CC(=O)OC2(c2ccccc2)c2nc(Cl)ccc21. The van der Waals surface area contributed by atoms with E-state index in [2.05, 4.69) is 4.98 Å². The lowest BCUT2D eigenvalue weighted by molar-refractivity contribution is -0.198. The van der Waals surface area contributed by atoms with Crippen molar-refractivity contribution in [3.05, 3.63) is 58.9 Å². The fourth-order valence-electron chi connectivity index (χ4n) is 3.37. The van der Waals surface area contributed by atoms with Crippen molar-refractivity contribution in [1.29, 1.82) is 0 Å². The van der Waals surface area contributed by atoms with Crippen molar-refractivity contribution in [2.75, 3.05) is 18.5 Å². The molecule has 0 spiro atoms. The monoisotopic (exact) mass is 371 g/mol. The molecule has 8 heteroatoms. The van der Waals surface area contributed by atoms with Crippen LogP contribution in [0.15, 0.2) is 42.5 Å². The number of halogens is 1. The summed E-state index contributed by atoms with van der Waals surface area (Å²) in [5.41, 5.74) is -0.478. The van der Waals surface area contributed by atoms with E-state index in [-0.39, 0.29) is 23.3 Å². The van der Waals surface area contributed by atoms with Crippen LogP contribution in [0, 0.1) is 0 Å². The molecule has 0 aliphatic carbocycles. The smallest absolute Gasteiger partial charge is 0.318 e. The van der Waals surface area contributed by atoms with Gasteiger partial charge in [-0.3, -0.25) is 19.3 Å². The van der Waals surface area contributed by atoms with Crippen molar-refractivity contribution in [1.82, 2.24) is 9.88 Å². The first-order chi connectivity index (χ1) is 12.4. The molecule has 1 aromatic heterocycles. The number of fused-ring (bicyclic) bond motifs is 3. The highest BCUT2D eigenvalue weighted by molar-refractivity contribution is 6.29. The van der Waals surface area contributed by atoms with Gasteiger partial charge in [-0.05, 0) is 12.1 Å². The van der Waals surface area contributed by atoms with Crippen LogP contribution in [0.25, 0.3) is 0 Å². The van der Waals surface area contributed by atoms with Gasteiger partial charge in [0.1, 0.15) is 23.8 Å². The molecule has 1 fully saturated rings. The number of esters is 1. The number of aromatic nitrogens is 1. The predicted octanol–water partition coefficient (Wildman–Crippen LogP) is 1.69. The van der Waals surface area contributed by atoms with Crippen molar-refractivity contribution >= 4 is 35.1 Å². The maximum absolute atomic E-state index is 12.7. The van der Waals surface area contributed by atoms with Crippen LogP contribution in [-0.2, 0) is 24.8 Å². The molecule has 1 aromatic carbocycles. The van der Waals surface area contributed by atoms with Crippen LogP contribution in [0.4, 0.5) is 5.69 Å². The number of anilines is 1. The van der Waals surface area contributed by atoms with Gasteiger partial charge in [-0.15, -0.1) is 0 Å². The van der Waals surface area contributed by atoms with E-state index in [4.69, 9.17) is 16.3 Å². The minimum absolute atomic E-state index is 0.163. The van der Waals surface area contributed by atoms with E-state index in [1.54, 1.807) is 49.5 Å². The molecule has 26 heavy (non-hydrogen) atoms. The summed E-state index contributed by atoms with van der Waals surface area (Å²) in [6.45, 7) is -0.245. The normalized spacial score (nSPS) is 22.5. The third-order valence-electron chi connectivity index (χ3n) is 4.59. The number of carbonyl (C=O) groups excluding carboxylic acids is 3. The Balaban J connectivity index is 2.10. The van der Waals surface area contributed by atoms with Gasteiger partial charge in [-0.25, -0.2) is 4.98 Å². The molecule has 7 nitrogen and oxygen atoms in total. The number of benzene rings is 1. The van der Waals surface area contributed by atoms with Crippen molar-refractivity contribution in [3.8, 4) is 0 Å². The molecule has 2 aliphatic heterocycles. The molecule has 1 atom stereocenters. The van der Waals surface area contributed by atoms with Crippen LogP contribution in [0.5, 0.6) is 0 Å². The van der Waals surface area contributed by atoms with Gasteiger partial charge in [0, 0.05) is 12.6 Å². The number of likely N-dealkylation sites (N-methyl/N-ethyl adjacent to an activating group) is 1. The van der Waals surface area contributed by atoms with Gasteiger partial charge in [0.05, 0.1) is 5.69 Å². The van der Waals surface area contributed by atoms with Crippen LogP contribution < -0.4 is 4.90 Å². The lowest BCUT2D eigenvalue weighted by Crippen LogP contribution is -2.58. The zero-order valence-electron chi connectivity index (χ0n) is 13.8. The first-order valence-electron chi connectivity index (χ1n) is 7.95. The second-order valence-electron chi connectivity index (χ2n) is 6.10. The van der Waals surface area contributed by atoms with E-state index in [0.29, 0.717) is 11.3 Å². The highest BCUT2D eigenvalue weighted by atomic mass is 35.5. The molecule has 1 unspecified atom stereocenters. The van der Waals surface area contributed by atoms with E-state index in [9.17, 15) is 14.4 Å². The molecule has 2 aliphatic rings. The summed E-state index contributed by atoms with van der Waals surface area (Å²) in [4.78, 5) is 44.6. The Kier molecular flexibility index (Phi) is 3.69. The average Bonchev–Trinajstić information content (AvgIpc) is 2.71. The predicted molar refractivity (Wildman–Crippen MR) is 92.3 cm³/mol. The largest absolute Gasteiger partial charge is 0.428 e. The molecule has 2 amide bonds. The van der Waals surface area contributed by atoms with Gasteiger partial charge in [0.15, 0.2) is 0 Å². The zero-order chi connectivity index (χ0) is 18.5. The van der Waals surface area contributed by atoms with Crippen molar-refractivity contribution in [2.24, 2.45) is 0 Å². The topological polar surface area (TPSA) is 79.8 Å². The lowest BCUT2D eigenvalue weighted by atomic mass is 9.93. The summed E-state index contributed by atoms with van der Waals surface area (Å²) < 4.78 is 5.76. The van der Waals surface area contributed by atoms with Gasteiger partial charge >= 0.3 is 5.97 Å². The number of nitrogens with zero attached hydrogens (tertiary/aromatic N) is 3. The Labute approximate surface area is 154 Å². The van der Waals surface area contributed by atoms with E-state index in [1.807, 2.05) is 0 Å². The van der Waals surface area contributed by atoms with Gasteiger partial charge in [0.25, 0.3) is 5.72 Å². The zero-order valence-corrected chi connectivity index (χ0v) is 14.6. The van der Waals surface area contributed by atoms with E-state index >= 15 is 0 Å². The fourth-order valence-corrected chi connectivity index (χ4v) is 3.51. The van der Waals surface area contributed by atoms with Gasteiger partial charge in [-0.2, -0.15) is 0 Å². The van der Waals surface area contributed by atoms with Crippen molar-refractivity contribution < 1.29 is 19.1 Å². The Bertz CT molecular complexity index is 933. The number of amides is 2. The number of ether oxygens (including phenoxy) is 1. The minimum Gasteiger partial charge on any atom is -0.428 e. The highest BCUT2D eigenvalue weighted by Crippen LogP contribution is 2.45. The van der Waals surface area contributed by atoms with Gasteiger partial charge in [-0.1, -0.05) is 41.9 Å². The molecular formula is C18H14ClN3O4. The Hall–Kier alpha value is -2.93. The molecule has 0 bridgehead atoms. The highest BCUT2D eigenvalue weighted by Gasteiger charge is 2.55. The third kappa shape index (κ3) is 2.28. The molecular weight excluding hydrogens is 358 g/mol. The van der Waals surface area contributed by atoms with Crippen molar-refractivity contribution in [3.63, 3.8) is 0 Å². The van der Waals surface area contributed by atoms with Crippen LogP contribution in [-0.4, -0.2) is 41.3 Å². The van der Waals surface area contributed by atoms with E-state index in [0.717, 1.165) is 0 Å². The van der Waals surface area contributed by atoms with Crippen LogP contribution in [0.1, 0.15) is 17.7 Å².